The second-order valence-electron chi connectivity index (χ2n) is 4.05. The van der Waals surface area contributed by atoms with Crippen LogP contribution in [0.25, 0.3) is 0 Å². The Labute approximate surface area is 120 Å². The molecule has 0 unspecified atom stereocenters. The number of nitrogen functional groups attached to an aromatic ring is 1. The molecule has 0 spiro atoms. The second-order valence-corrected chi connectivity index (χ2v) is 4.44. The van der Waals surface area contributed by atoms with E-state index in [2.05, 4.69) is 15.3 Å². The Morgan fingerprint density at radius 1 is 1.40 bits per heavy atom. The van der Waals surface area contributed by atoms with Gasteiger partial charge in [0.15, 0.2) is 0 Å². The third-order valence-electron chi connectivity index (χ3n) is 2.64. The summed E-state index contributed by atoms with van der Waals surface area (Å²) < 4.78 is 4.96. The number of nitrogens with two attached hydrogens (primary N) is 1. The van der Waals surface area contributed by atoms with E-state index in [9.17, 15) is 4.79 Å². The molecule has 3 N–H and O–H groups in total. The maximum absolute atomic E-state index is 12.2. The SMILES string of the molecule is COc1cc(Cl)nc(NC(=O)c2c(C)cccc2N)n1. The Hall–Kier alpha value is -2.34. The van der Waals surface area contributed by atoms with Gasteiger partial charge < -0.3 is 10.5 Å². The molecule has 0 bridgehead atoms. The predicted octanol–water partition coefficient (Wildman–Crippen LogP) is 2.28. The summed E-state index contributed by atoms with van der Waals surface area (Å²) in [5, 5.41) is 2.72. The van der Waals surface area contributed by atoms with Crippen molar-refractivity contribution in [3.63, 3.8) is 0 Å². The average molecular weight is 293 g/mol. The first-order valence-electron chi connectivity index (χ1n) is 5.76. The van der Waals surface area contributed by atoms with Crippen molar-refractivity contribution in [2.45, 2.75) is 6.92 Å². The Morgan fingerprint density at radius 2 is 2.15 bits per heavy atom. The molecule has 0 radical (unpaired) electrons. The molecule has 7 heteroatoms. The van der Waals surface area contributed by atoms with Gasteiger partial charge in [0.05, 0.1) is 12.7 Å². The molecule has 0 saturated carbocycles. The van der Waals surface area contributed by atoms with Crippen LogP contribution in [-0.2, 0) is 0 Å². The minimum Gasteiger partial charge on any atom is -0.481 e. The van der Waals surface area contributed by atoms with Crippen LogP contribution in [-0.4, -0.2) is 23.0 Å². The first-order valence-corrected chi connectivity index (χ1v) is 6.14. The standard InChI is InChI=1S/C13H13ClN4O2/c1-7-4-3-5-8(15)11(7)12(19)18-13-16-9(14)6-10(17-13)20-2/h3-6H,15H2,1-2H3,(H,16,17,18,19). The van der Waals surface area contributed by atoms with Crippen molar-refractivity contribution >= 4 is 29.1 Å². The Bertz CT molecular complexity index is 641. The monoisotopic (exact) mass is 292 g/mol. The molecule has 0 atom stereocenters. The average Bonchev–Trinajstić information content (AvgIpc) is 2.37. The van der Waals surface area contributed by atoms with Crippen molar-refractivity contribution in [3.05, 3.63) is 40.5 Å². The van der Waals surface area contributed by atoms with E-state index in [-0.39, 0.29) is 17.0 Å². The minimum atomic E-state index is -0.398. The quantitative estimate of drug-likeness (QED) is 0.669. The van der Waals surface area contributed by atoms with E-state index < -0.39 is 5.91 Å². The van der Waals surface area contributed by atoms with Gasteiger partial charge in [-0.25, -0.2) is 4.98 Å². The zero-order valence-corrected chi connectivity index (χ0v) is 11.7. The maximum atomic E-state index is 12.2. The lowest BCUT2D eigenvalue weighted by atomic mass is 10.1. The number of rotatable bonds is 3. The van der Waals surface area contributed by atoms with Crippen LogP contribution in [0.2, 0.25) is 5.15 Å². The summed E-state index contributed by atoms with van der Waals surface area (Å²) in [6.45, 7) is 1.80. The number of methoxy groups -OCH3 is 1. The molecule has 104 valence electrons. The summed E-state index contributed by atoms with van der Waals surface area (Å²) in [6.07, 6.45) is 0. The number of benzene rings is 1. The molecule has 0 aliphatic rings. The lowest BCUT2D eigenvalue weighted by Crippen LogP contribution is -2.17. The van der Waals surface area contributed by atoms with Gasteiger partial charge >= 0.3 is 0 Å². The molecule has 2 aromatic rings. The van der Waals surface area contributed by atoms with Gasteiger partial charge in [-0.3, -0.25) is 10.1 Å². The van der Waals surface area contributed by atoms with Crippen LogP contribution in [0.3, 0.4) is 0 Å². The fraction of sp³-hybridized carbons (Fsp3) is 0.154. The van der Waals surface area contributed by atoms with E-state index in [1.807, 2.05) is 0 Å². The summed E-state index contributed by atoms with van der Waals surface area (Å²) in [7, 11) is 1.45. The van der Waals surface area contributed by atoms with E-state index in [1.165, 1.54) is 13.2 Å². The first kappa shape index (κ1) is 14.1. The van der Waals surface area contributed by atoms with Gasteiger partial charge in [-0.05, 0) is 18.6 Å². The van der Waals surface area contributed by atoms with Crippen molar-refractivity contribution in [1.82, 2.24) is 9.97 Å². The molecule has 0 fully saturated rings. The normalized spacial score (nSPS) is 10.2. The third-order valence-corrected chi connectivity index (χ3v) is 2.83. The molecule has 1 aromatic carbocycles. The molecule has 0 aliphatic heterocycles. The highest BCUT2D eigenvalue weighted by Crippen LogP contribution is 2.19. The molecule has 1 aromatic heterocycles. The second kappa shape index (κ2) is 5.75. The maximum Gasteiger partial charge on any atom is 0.260 e. The van der Waals surface area contributed by atoms with E-state index in [0.717, 1.165) is 5.56 Å². The third kappa shape index (κ3) is 2.97. The summed E-state index contributed by atoms with van der Waals surface area (Å²) in [5.74, 6) is -0.0787. The molecule has 1 amide bonds. The van der Waals surface area contributed by atoms with Crippen LogP contribution in [0.1, 0.15) is 15.9 Å². The summed E-state index contributed by atoms with van der Waals surface area (Å²) in [4.78, 5) is 20.1. The van der Waals surface area contributed by atoms with Crippen LogP contribution in [0.15, 0.2) is 24.3 Å². The predicted molar refractivity (Wildman–Crippen MR) is 77.1 cm³/mol. The van der Waals surface area contributed by atoms with Crippen LogP contribution in [0, 0.1) is 6.92 Å². The van der Waals surface area contributed by atoms with Gasteiger partial charge in [0, 0.05) is 11.8 Å². The molecular formula is C13H13ClN4O2. The number of carbonyl (C=O) groups is 1. The Morgan fingerprint density at radius 3 is 2.80 bits per heavy atom. The number of anilines is 2. The molecule has 1 heterocycles. The molecule has 0 saturated heterocycles. The largest absolute Gasteiger partial charge is 0.481 e. The molecule has 0 aliphatic carbocycles. The van der Waals surface area contributed by atoms with Gasteiger partial charge in [0.2, 0.25) is 11.8 Å². The van der Waals surface area contributed by atoms with Crippen molar-refractivity contribution in [2.24, 2.45) is 0 Å². The van der Waals surface area contributed by atoms with Crippen molar-refractivity contribution in [1.29, 1.82) is 0 Å². The number of ether oxygens (including phenoxy) is 1. The van der Waals surface area contributed by atoms with E-state index in [0.29, 0.717) is 11.3 Å². The lowest BCUT2D eigenvalue weighted by Gasteiger charge is -2.09. The fourth-order valence-corrected chi connectivity index (χ4v) is 1.90. The summed E-state index contributed by atoms with van der Waals surface area (Å²) >= 11 is 5.81. The minimum absolute atomic E-state index is 0.0574. The number of amides is 1. The van der Waals surface area contributed by atoms with Gasteiger partial charge in [-0.15, -0.1) is 0 Å². The highest BCUT2D eigenvalue weighted by atomic mass is 35.5. The summed E-state index contributed by atoms with van der Waals surface area (Å²) in [5.41, 5.74) is 7.34. The smallest absolute Gasteiger partial charge is 0.260 e. The molecule has 2 rings (SSSR count). The van der Waals surface area contributed by atoms with Crippen molar-refractivity contribution in [2.75, 3.05) is 18.2 Å². The number of hydrogen-bond donors (Lipinski definition) is 2. The highest BCUT2D eigenvalue weighted by Gasteiger charge is 2.14. The highest BCUT2D eigenvalue weighted by molar-refractivity contribution is 6.29. The molecule has 20 heavy (non-hydrogen) atoms. The number of halogens is 1. The van der Waals surface area contributed by atoms with E-state index in [4.69, 9.17) is 22.1 Å². The molecular weight excluding hydrogens is 280 g/mol. The van der Waals surface area contributed by atoms with Crippen LogP contribution >= 0.6 is 11.6 Å². The van der Waals surface area contributed by atoms with Crippen LogP contribution in [0.4, 0.5) is 11.6 Å². The van der Waals surface area contributed by atoms with Crippen LogP contribution < -0.4 is 15.8 Å². The fourth-order valence-electron chi connectivity index (χ4n) is 1.72. The zero-order valence-electron chi connectivity index (χ0n) is 11.0. The van der Waals surface area contributed by atoms with Gasteiger partial charge in [0.25, 0.3) is 5.91 Å². The lowest BCUT2D eigenvalue weighted by molar-refractivity contribution is 0.102. The number of nitrogens with one attached hydrogen (secondary N) is 1. The summed E-state index contributed by atoms with van der Waals surface area (Å²) in [6, 6.07) is 6.67. The topological polar surface area (TPSA) is 90.1 Å². The number of nitrogens with zero attached hydrogens (tertiary/aromatic N) is 2. The molecule has 6 nitrogen and oxygen atoms in total. The van der Waals surface area contributed by atoms with Gasteiger partial charge in [-0.2, -0.15) is 4.98 Å². The van der Waals surface area contributed by atoms with E-state index >= 15 is 0 Å². The first-order chi connectivity index (χ1) is 9.51. The van der Waals surface area contributed by atoms with Gasteiger partial charge in [0.1, 0.15) is 5.15 Å². The number of aryl methyl sites for hydroxylation is 1. The van der Waals surface area contributed by atoms with E-state index in [1.54, 1.807) is 25.1 Å². The number of hydrogen-bond acceptors (Lipinski definition) is 5. The van der Waals surface area contributed by atoms with Crippen molar-refractivity contribution in [3.8, 4) is 5.88 Å². The zero-order chi connectivity index (χ0) is 14.7. The number of aromatic nitrogens is 2. The van der Waals surface area contributed by atoms with Crippen LogP contribution in [0.5, 0.6) is 5.88 Å². The Balaban J connectivity index is 2.30. The van der Waals surface area contributed by atoms with Crippen molar-refractivity contribution < 1.29 is 9.53 Å². The Kier molecular flexibility index (Phi) is 4.05. The number of carbonyl (C=O) groups excluding carboxylic acids is 1. The van der Waals surface area contributed by atoms with Gasteiger partial charge in [-0.1, -0.05) is 23.7 Å².